The molecule has 5 nitrogen and oxygen atoms in total. The zero-order chi connectivity index (χ0) is 13.5. The molecule has 1 atom stereocenters. The van der Waals surface area contributed by atoms with Gasteiger partial charge in [0.1, 0.15) is 5.75 Å². The molecule has 0 radical (unpaired) electrons. The Morgan fingerprint density at radius 2 is 1.58 bits per heavy atom. The van der Waals surface area contributed by atoms with E-state index in [9.17, 15) is 5.11 Å². The predicted octanol–water partition coefficient (Wildman–Crippen LogP) is 1.60. The Bertz CT molecular complexity index is 385. The van der Waals surface area contributed by atoms with Crippen molar-refractivity contribution < 1.29 is 19.3 Å². The van der Waals surface area contributed by atoms with Crippen LogP contribution in [0.5, 0.6) is 17.2 Å². The van der Waals surface area contributed by atoms with Gasteiger partial charge < -0.3 is 24.6 Å². The molecule has 2 N–H and O–H groups in total. The van der Waals surface area contributed by atoms with E-state index in [-0.39, 0.29) is 18.5 Å². The summed E-state index contributed by atoms with van der Waals surface area (Å²) in [5, 5.41) is 12.3. The molecule has 0 saturated heterocycles. The van der Waals surface area contributed by atoms with Gasteiger partial charge in [0.05, 0.1) is 27.4 Å². The van der Waals surface area contributed by atoms with Crippen molar-refractivity contribution >= 4 is 12.4 Å². The van der Waals surface area contributed by atoms with E-state index >= 15 is 0 Å². The molecular formula is C13H22ClNO4. The fourth-order valence-electron chi connectivity index (χ4n) is 1.65. The van der Waals surface area contributed by atoms with E-state index in [0.717, 1.165) is 11.3 Å². The molecule has 0 aliphatic carbocycles. The first-order valence-corrected chi connectivity index (χ1v) is 5.80. The van der Waals surface area contributed by atoms with Crippen LogP contribution < -0.4 is 19.5 Å². The van der Waals surface area contributed by atoms with Crippen molar-refractivity contribution in [2.24, 2.45) is 0 Å². The van der Waals surface area contributed by atoms with Crippen LogP contribution in [0.2, 0.25) is 0 Å². The standard InChI is InChI=1S/C13H21NO4.ClH/c1-9(15)7-14-8-10-5-12(17-3)13(18-4)6-11(10)16-2;/h5-6,9,14-15H,7-8H2,1-4H3;1H. The van der Waals surface area contributed by atoms with E-state index in [2.05, 4.69) is 5.32 Å². The van der Waals surface area contributed by atoms with Crippen LogP contribution in [0.25, 0.3) is 0 Å². The number of ether oxygens (including phenoxy) is 3. The highest BCUT2D eigenvalue weighted by Crippen LogP contribution is 2.34. The third kappa shape index (κ3) is 5.14. The van der Waals surface area contributed by atoms with Crippen molar-refractivity contribution in [1.29, 1.82) is 0 Å². The topological polar surface area (TPSA) is 60.0 Å². The van der Waals surface area contributed by atoms with Crippen LogP contribution in [0, 0.1) is 0 Å². The maximum Gasteiger partial charge on any atom is 0.164 e. The second kappa shape index (κ2) is 8.85. The number of methoxy groups -OCH3 is 3. The van der Waals surface area contributed by atoms with E-state index in [1.54, 1.807) is 34.3 Å². The molecule has 0 spiro atoms. The maximum atomic E-state index is 9.20. The molecule has 1 aromatic carbocycles. The zero-order valence-electron chi connectivity index (χ0n) is 11.7. The van der Waals surface area contributed by atoms with Crippen LogP contribution in [-0.2, 0) is 6.54 Å². The lowest BCUT2D eigenvalue weighted by atomic mass is 10.1. The Kier molecular flexibility index (Phi) is 8.30. The van der Waals surface area contributed by atoms with E-state index in [4.69, 9.17) is 14.2 Å². The van der Waals surface area contributed by atoms with Crippen molar-refractivity contribution in [3.63, 3.8) is 0 Å². The molecule has 1 aromatic rings. The summed E-state index contributed by atoms with van der Waals surface area (Å²) in [7, 11) is 4.79. The number of hydrogen-bond donors (Lipinski definition) is 2. The van der Waals surface area contributed by atoms with Gasteiger partial charge in [-0.2, -0.15) is 0 Å². The zero-order valence-corrected chi connectivity index (χ0v) is 12.5. The second-order valence-corrected chi connectivity index (χ2v) is 4.00. The number of rotatable bonds is 7. The van der Waals surface area contributed by atoms with Gasteiger partial charge in [-0.15, -0.1) is 12.4 Å². The van der Waals surface area contributed by atoms with Gasteiger partial charge >= 0.3 is 0 Å². The van der Waals surface area contributed by atoms with Gasteiger partial charge in [0.2, 0.25) is 0 Å². The number of benzene rings is 1. The van der Waals surface area contributed by atoms with Crippen molar-refractivity contribution in [3.05, 3.63) is 17.7 Å². The highest BCUT2D eigenvalue weighted by atomic mass is 35.5. The smallest absolute Gasteiger partial charge is 0.164 e. The highest BCUT2D eigenvalue weighted by Gasteiger charge is 2.11. The third-order valence-corrected chi connectivity index (χ3v) is 2.54. The number of aliphatic hydroxyl groups is 1. The molecule has 0 saturated carbocycles. The van der Waals surface area contributed by atoms with Crippen LogP contribution in [0.4, 0.5) is 0 Å². The minimum absolute atomic E-state index is 0. The van der Waals surface area contributed by atoms with Gasteiger partial charge in [0.25, 0.3) is 0 Å². The molecule has 0 fully saturated rings. The third-order valence-electron chi connectivity index (χ3n) is 2.54. The summed E-state index contributed by atoms with van der Waals surface area (Å²) in [6, 6.07) is 3.66. The Labute approximate surface area is 120 Å². The average Bonchev–Trinajstić information content (AvgIpc) is 2.37. The van der Waals surface area contributed by atoms with E-state index in [1.807, 2.05) is 6.07 Å². The SMILES string of the molecule is COc1cc(OC)c(OC)cc1CNCC(C)O.Cl. The minimum Gasteiger partial charge on any atom is -0.496 e. The van der Waals surface area contributed by atoms with Crippen molar-refractivity contribution in [2.75, 3.05) is 27.9 Å². The quantitative estimate of drug-likeness (QED) is 0.799. The van der Waals surface area contributed by atoms with Gasteiger partial charge in [-0.05, 0) is 13.0 Å². The molecule has 1 unspecified atom stereocenters. The fraction of sp³-hybridized carbons (Fsp3) is 0.538. The molecule has 19 heavy (non-hydrogen) atoms. The molecule has 0 aliphatic rings. The van der Waals surface area contributed by atoms with Crippen LogP contribution in [0.15, 0.2) is 12.1 Å². The monoisotopic (exact) mass is 291 g/mol. The number of nitrogens with one attached hydrogen (secondary N) is 1. The molecule has 0 amide bonds. The molecule has 0 aliphatic heterocycles. The Morgan fingerprint density at radius 1 is 1.05 bits per heavy atom. The largest absolute Gasteiger partial charge is 0.496 e. The first-order chi connectivity index (χ1) is 8.62. The van der Waals surface area contributed by atoms with Gasteiger partial charge in [-0.1, -0.05) is 0 Å². The predicted molar refractivity (Wildman–Crippen MR) is 76.7 cm³/mol. The second-order valence-electron chi connectivity index (χ2n) is 4.00. The minimum atomic E-state index is -0.379. The molecule has 1 rings (SSSR count). The fourth-order valence-corrected chi connectivity index (χ4v) is 1.65. The van der Waals surface area contributed by atoms with Gasteiger partial charge in [-0.3, -0.25) is 0 Å². The molecule has 0 bridgehead atoms. The lowest BCUT2D eigenvalue weighted by Crippen LogP contribution is -2.24. The molecular weight excluding hydrogens is 270 g/mol. The van der Waals surface area contributed by atoms with Gasteiger partial charge in [0.15, 0.2) is 11.5 Å². The van der Waals surface area contributed by atoms with Crippen LogP contribution >= 0.6 is 12.4 Å². The highest BCUT2D eigenvalue weighted by molar-refractivity contribution is 5.85. The lowest BCUT2D eigenvalue weighted by Gasteiger charge is -2.15. The van der Waals surface area contributed by atoms with E-state index in [1.165, 1.54) is 0 Å². The normalized spacial score (nSPS) is 11.4. The first-order valence-electron chi connectivity index (χ1n) is 5.80. The van der Waals surface area contributed by atoms with Gasteiger partial charge in [0, 0.05) is 24.7 Å². The summed E-state index contributed by atoms with van der Waals surface area (Å²) in [5.74, 6) is 2.02. The number of hydrogen-bond acceptors (Lipinski definition) is 5. The van der Waals surface area contributed by atoms with Crippen LogP contribution in [-0.4, -0.2) is 39.1 Å². The van der Waals surface area contributed by atoms with E-state index in [0.29, 0.717) is 24.6 Å². The molecule has 0 aromatic heterocycles. The van der Waals surface area contributed by atoms with Crippen LogP contribution in [0.1, 0.15) is 12.5 Å². The van der Waals surface area contributed by atoms with Crippen LogP contribution in [0.3, 0.4) is 0 Å². The van der Waals surface area contributed by atoms with Crippen molar-refractivity contribution in [2.45, 2.75) is 19.6 Å². The van der Waals surface area contributed by atoms with Gasteiger partial charge in [-0.25, -0.2) is 0 Å². The van der Waals surface area contributed by atoms with Crippen molar-refractivity contribution in [1.82, 2.24) is 5.32 Å². The number of aliphatic hydroxyl groups excluding tert-OH is 1. The van der Waals surface area contributed by atoms with E-state index < -0.39 is 0 Å². The maximum absolute atomic E-state index is 9.20. The Morgan fingerprint density at radius 3 is 2.05 bits per heavy atom. The summed E-state index contributed by atoms with van der Waals surface area (Å²) in [4.78, 5) is 0. The lowest BCUT2D eigenvalue weighted by molar-refractivity contribution is 0.191. The summed E-state index contributed by atoms with van der Waals surface area (Å²) in [6.07, 6.45) is -0.379. The average molecular weight is 292 g/mol. The summed E-state index contributed by atoms with van der Waals surface area (Å²) < 4.78 is 15.8. The van der Waals surface area contributed by atoms with Crippen molar-refractivity contribution in [3.8, 4) is 17.2 Å². The summed E-state index contributed by atoms with van der Waals surface area (Å²) in [5.41, 5.74) is 0.954. The first kappa shape index (κ1) is 17.8. The molecule has 6 heteroatoms. The molecule has 110 valence electrons. The summed E-state index contributed by atoms with van der Waals surface area (Å²) in [6.45, 7) is 2.85. The Hall–Kier alpha value is -1.17. The molecule has 0 heterocycles. The summed E-state index contributed by atoms with van der Waals surface area (Å²) >= 11 is 0. The Balaban J connectivity index is 0.00000324. The number of halogens is 1.